The maximum Gasteiger partial charge on any atom is 0.319 e. The van der Waals surface area contributed by atoms with Crippen LogP contribution in [0.25, 0.3) is 5.65 Å². The van der Waals surface area contributed by atoms with Crippen molar-refractivity contribution in [1.29, 1.82) is 0 Å². The Morgan fingerprint density at radius 2 is 2.23 bits per heavy atom. The van der Waals surface area contributed by atoms with E-state index >= 15 is 0 Å². The summed E-state index contributed by atoms with van der Waals surface area (Å²) in [6, 6.07) is 8.95. The normalized spacial score (nSPS) is 13.6. The lowest BCUT2D eigenvalue weighted by molar-refractivity contribution is 0.251. The van der Waals surface area contributed by atoms with E-state index in [0.717, 1.165) is 41.4 Å². The fourth-order valence-electron chi connectivity index (χ4n) is 2.84. The molecule has 0 spiro atoms. The maximum atomic E-state index is 12.2. The summed E-state index contributed by atoms with van der Waals surface area (Å²) in [5, 5.41) is 9.55. The highest BCUT2D eigenvalue weighted by Gasteiger charge is 2.11. The van der Waals surface area contributed by atoms with Crippen molar-refractivity contribution in [3.63, 3.8) is 0 Å². The number of aromatic nitrogens is 2. The van der Waals surface area contributed by atoms with Crippen LogP contribution in [0.4, 0.5) is 10.5 Å². The van der Waals surface area contributed by atoms with Crippen LogP contribution in [0.3, 0.4) is 0 Å². The van der Waals surface area contributed by atoms with E-state index in [1.165, 1.54) is 0 Å². The topological polar surface area (TPSA) is 79.7 Å². The second kappa shape index (κ2) is 7.23. The maximum absolute atomic E-state index is 12.2. The van der Waals surface area contributed by atoms with Gasteiger partial charge in [-0.3, -0.25) is 0 Å². The molecule has 0 atom stereocenters. The molecule has 0 saturated heterocycles. The zero-order valence-electron chi connectivity index (χ0n) is 14.0. The van der Waals surface area contributed by atoms with Crippen molar-refractivity contribution in [3.8, 4) is 5.75 Å². The van der Waals surface area contributed by atoms with Crippen LogP contribution in [-0.4, -0.2) is 28.6 Å². The fraction of sp³-hybridized carbons (Fsp3) is 0.222. The van der Waals surface area contributed by atoms with Crippen LogP contribution in [0.15, 0.2) is 42.7 Å². The van der Waals surface area contributed by atoms with Crippen molar-refractivity contribution in [2.45, 2.75) is 13.1 Å². The van der Waals surface area contributed by atoms with E-state index in [1.54, 1.807) is 12.3 Å². The van der Waals surface area contributed by atoms with Crippen LogP contribution in [0.2, 0.25) is 5.02 Å². The predicted octanol–water partition coefficient (Wildman–Crippen LogP) is 2.79. The molecule has 0 unspecified atom stereocenters. The molecule has 2 aromatic heterocycles. The monoisotopic (exact) mass is 371 g/mol. The molecule has 26 heavy (non-hydrogen) atoms. The number of halogens is 1. The number of pyridine rings is 1. The highest BCUT2D eigenvalue weighted by molar-refractivity contribution is 6.30. The van der Waals surface area contributed by atoms with Crippen LogP contribution in [-0.2, 0) is 13.1 Å². The van der Waals surface area contributed by atoms with Crippen LogP contribution >= 0.6 is 11.6 Å². The van der Waals surface area contributed by atoms with Crippen molar-refractivity contribution in [3.05, 3.63) is 59.0 Å². The van der Waals surface area contributed by atoms with Gasteiger partial charge in [0.2, 0.25) is 0 Å². The molecule has 7 nitrogen and oxygen atoms in total. The van der Waals surface area contributed by atoms with Gasteiger partial charge in [-0.2, -0.15) is 0 Å². The number of ether oxygens (including phenoxy) is 1. The number of fused-ring (bicyclic) bond motifs is 2. The largest absolute Gasteiger partial charge is 0.492 e. The van der Waals surface area contributed by atoms with Crippen molar-refractivity contribution < 1.29 is 9.53 Å². The average molecular weight is 372 g/mol. The van der Waals surface area contributed by atoms with E-state index in [9.17, 15) is 4.79 Å². The highest BCUT2D eigenvalue weighted by Crippen LogP contribution is 2.24. The number of benzene rings is 1. The lowest BCUT2D eigenvalue weighted by atomic mass is 10.1. The second-order valence-electron chi connectivity index (χ2n) is 6.00. The van der Waals surface area contributed by atoms with Gasteiger partial charge in [0.15, 0.2) is 0 Å². The Balaban J connectivity index is 1.38. The van der Waals surface area contributed by atoms with Gasteiger partial charge in [-0.25, -0.2) is 9.78 Å². The summed E-state index contributed by atoms with van der Waals surface area (Å²) in [7, 11) is 0. The first-order chi connectivity index (χ1) is 12.7. The zero-order chi connectivity index (χ0) is 17.9. The smallest absolute Gasteiger partial charge is 0.319 e. The van der Waals surface area contributed by atoms with E-state index in [-0.39, 0.29) is 6.03 Å². The first-order valence-corrected chi connectivity index (χ1v) is 8.69. The third-order valence-corrected chi connectivity index (χ3v) is 4.29. The van der Waals surface area contributed by atoms with E-state index < -0.39 is 0 Å². The molecule has 0 aliphatic carbocycles. The van der Waals surface area contributed by atoms with Gasteiger partial charge < -0.3 is 25.1 Å². The van der Waals surface area contributed by atoms with E-state index in [2.05, 4.69) is 20.9 Å². The van der Waals surface area contributed by atoms with E-state index in [1.807, 2.05) is 34.9 Å². The molecule has 1 aromatic carbocycles. The fourth-order valence-corrected chi connectivity index (χ4v) is 3.01. The minimum atomic E-state index is -0.289. The third-order valence-electron chi connectivity index (χ3n) is 4.07. The Labute approximate surface area is 155 Å². The van der Waals surface area contributed by atoms with Crippen LogP contribution in [0, 0.1) is 0 Å². The number of urea groups is 1. The van der Waals surface area contributed by atoms with E-state index in [4.69, 9.17) is 16.3 Å². The molecule has 0 bridgehead atoms. The number of anilines is 1. The van der Waals surface area contributed by atoms with Crippen LogP contribution in [0.5, 0.6) is 5.75 Å². The quantitative estimate of drug-likeness (QED) is 0.661. The number of amides is 2. The van der Waals surface area contributed by atoms with Crippen LogP contribution in [0.1, 0.15) is 11.3 Å². The Bertz CT molecular complexity index is 956. The Morgan fingerprint density at radius 3 is 3.15 bits per heavy atom. The number of imidazole rings is 1. The van der Waals surface area contributed by atoms with Gasteiger partial charge in [0, 0.05) is 36.7 Å². The SMILES string of the molecule is O=C(NCc1cn2cc(Cl)ccc2n1)Nc1ccc2c(c1)CNCCO2. The number of nitrogens with zero attached hydrogens (tertiary/aromatic N) is 2. The first-order valence-electron chi connectivity index (χ1n) is 8.32. The number of hydrogen-bond acceptors (Lipinski definition) is 4. The van der Waals surface area contributed by atoms with Crippen molar-refractivity contribution in [1.82, 2.24) is 20.0 Å². The highest BCUT2D eigenvalue weighted by atomic mass is 35.5. The van der Waals surface area contributed by atoms with Crippen molar-refractivity contribution >= 4 is 29.0 Å². The molecule has 1 aliphatic rings. The molecule has 0 radical (unpaired) electrons. The average Bonchev–Trinajstić information content (AvgIpc) is 2.88. The standard InChI is InChI=1S/C18H18ClN5O2/c19-13-1-4-17-22-15(11-24(17)10-13)9-21-18(25)23-14-2-3-16-12(7-14)8-20-5-6-26-16/h1-4,7,10-11,20H,5-6,8-9H2,(H2,21,23,25). The summed E-state index contributed by atoms with van der Waals surface area (Å²) in [5.74, 6) is 0.851. The Morgan fingerprint density at radius 1 is 1.31 bits per heavy atom. The van der Waals surface area contributed by atoms with Gasteiger partial charge >= 0.3 is 6.03 Å². The van der Waals surface area contributed by atoms with Gasteiger partial charge in [0.05, 0.1) is 17.3 Å². The molecule has 134 valence electrons. The summed E-state index contributed by atoms with van der Waals surface area (Å²) in [4.78, 5) is 16.6. The molecule has 0 fully saturated rings. The molecule has 8 heteroatoms. The Kier molecular flexibility index (Phi) is 4.64. The lowest BCUT2D eigenvalue weighted by Gasteiger charge is -2.10. The number of hydrogen-bond donors (Lipinski definition) is 3. The molecule has 2 amide bonds. The van der Waals surface area contributed by atoms with Gasteiger partial charge in [-0.1, -0.05) is 11.6 Å². The van der Waals surface area contributed by atoms with Gasteiger partial charge in [0.1, 0.15) is 18.0 Å². The Hall–Kier alpha value is -2.77. The molecule has 1 aliphatic heterocycles. The molecule has 3 heterocycles. The zero-order valence-corrected chi connectivity index (χ0v) is 14.7. The number of carbonyl (C=O) groups is 1. The third kappa shape index (κ3) is 3.74. The predicted molar refractivity (Wildman–Crippen MR) is 99.7 cm³/mol. The first kappa shape index (κ1) is 16.7. The molecular weight excluding hydrogens is 354 g/mol. The van der Waals surface area contributed by atoms with Gasteiger partial charge in [-0.15, -0.1) is 0 Å². The van der Waals surface area contributed by atoms with Gasteiger partial charge in [0.25, 0.3) is 0 Å². The van der Waals surface area contributed by atoms with Crippen LogP contribution < -0.4 is 20.7 Å². The van der Waals surface area contributed by atoms with Crippen molar-refractivity contribution in [2.24, 2.45) is 0 Å². The summed E-state index contributed by atoms with van der Waals surface area (Å²) in [5.41, 5.74) is 3.28. The number of rotatable bonds is 3. The minimum Gasteiger partial charge on any atom is -0.492 e. The summed E-state index contributed by atoms with van der Waals surface area (Å²) in [6.45, 7) is 2.49. The molecule has 0 saturated carbocycles. The summed E-state index contributed by atoms with van der Waals surface area (Å²) in [6.07, 6.45) is 3.62. The van der Waals surface area contributed by atoms with Gasteiger partial charge in [-0.05, 0) is 30.3 Å². The molecule has 4 rings (SSSR count). The molecular formula is C18H18ClN5O2. The number of nitrogens with one attached hydrogen (secondary N) is 3. The van der Waals surface area contributed by atoms with Crippen molar-refractivity contribution in [2.75, 3.05) is 18.5 Å². The lowest BCUT2D eigenvalue weighted by Crippen LogP contribution is -2.28. The molecule has 3 N–H and O–H groups in total. The summed E-state index contributed by atoms with van der Waals surface area (Å²) >= 11 is 5.96. The number of carbonyl (C=O) groups excluding carboxylic acids is 1. The molecule has 3 aromatic rings. The minimum absolute atomic E-state index is 0.289. The summed E-state index contributed by atoms with van der Waals surface area (Å²) < 4.78 is 7.47. The second-order valence-corrected chi connectivity index (χ2v) is 6.44. The van der Waals surface area contributed by atoms with E-state index in [0.29, 0.717) is 18.2 Å².